The summed E-state index contributed by atoms with van der Waals surface area (Å²) < 4.78 is 52.6. The molecule has 0 bridgehead atoms. The van der Waals surface area contributed by atoms with Crippen molar-refractivity contribution >= 4 is 17.8 Å². The van der Waals surface area contributed by atoms with Gasteiger partial charge in [-0.05, 0) is 30.5 Å². The topological polar surface area (TPSA) is 74.6 Å². The highest BCUT2D eigenvalue weighted by Crippen LogP contribution is 2.37. The third-order valence-corrected chi connectivity index (χ3v) is 5.21. The van der Waals surface area contributed by atoms with Gasteiger partial charge in [-0.1, -0.05) is 37.5 Å². The van der Waals surface area contributed by atoms with Crippen molar-refractivity contribution in [3.05, 3.63) is 41.2 Å². The zero-order chi connectivity index (χ0) is 21.6. The van der Waals surface area contributed by atoms with Gasteiger partial charge >= 0.3 is 12.1 Å². The molecule has 3 atom stereocenters. The molecular weight excluding hydrogens is 392 g/mol. The van der Waals surface area contributed by atoms with Crippen LogP contribution in [0.1, 0.15) is 56.1 Å². The van der Waals surface area contributed by atoms with Gasteiger partial charge in [-0.25, -0.2) is 4.39 Å². The van der Waals surface area contributed by atoms with E-state index in [4.69, 9.17) is 5.11 Å². The maximum Gasteiger partial charge on any atom is 0.417 e. The van der Waals surface area contributed by atoms with Gasteiger partial charge in [-0.2, -0.15) is 13.2 Å². The van der Waals surface area contributed by atoms with E-state index in [0.29, 0.717) is 31.7 Å². The van der Waals surface area contributed by atoms with Crippen molar-refractivity contribution in [2.45, 2.75) is 57.2 Å². The average molecular weight is 416 g/mol. The number of carboxylic acids is 1. The molecule has 0 aromatic heterocycles. The molecule has 0 amide bonds. The van der Waals surface area contributed by atoms with Crippen LogP contribution in [0, 0.1) is 17.7 Å². The quantitative estimate of drug-likeness (QED) is 0.446. The lowest BCUT2D eigenvalue weighted by atomic mass is 9.88. The number of carbonyl (C=O) groups is 2. The van der Waals surface area contributed by atoms with Crippen molar-refractivity contribution in [1.29, 1.82) is 0 Å². The lowest BCUT2D eigenvalue weighted by Gasteiger charge is -2.18. The Balaban J connectivity index is 2.04. The standard InChI is InChI=1S/C21H24F4O4/c22-14-9-7-13(17(11-14)21(23,24)25)8-10-16-15(18(26)12-19(16)27)5-3-1-2-4-6-20(28)29/h7-11,15-16,19,27H,1-6,12H2,(H,28,29). The van der Waals surface area contributed by atoms with Gasteiger partial charge in [-0.3, -0.25) is 9.59 Å². The van der Waals surface area contributed by atoms with Crippen LogP contribution in [-0.2, 0) is 15.8 Å². The van der Waals surface area contributed by atoms with Gasteiger partial charge in [0.15, 0.2) is 0 Å². The van der Waals surface area contributed by atoms with Crippen molar-refractivity contribution in [2.24, 2.45) is 11.8 Å². The van der Waals surface area contributed by atoms with Gasteiger partial charge < -0.3 is 10.2 Å². The molecule has 0 heterocycles. The Morgan fingerprint density at radius 3 is 2.52 bits per heavy atom. The molecule has 1 saturated carbocycles. The minimum atomic E-state index is -4.72. The van der Waals surface area contributed by atoms with E-state index in [1.807, 2.05) is 0 Å². The zero-order valence-corrected chi connectivity index (χ0v) is 15.8. The first-order chi connectivity index (χ1) is 13.6. The summed E-state index contributed by atoms with van der Waals surface area (Å²) >= 11 is 0. The summed E-state index contributed by atoms with van der Waals surface area (Å²) in [7, 11) is 0. The van der Waals surface area contributed by atoms with Gasteiger partial charge in [-0.15, -0.1) is 0 Å². The lowest BCUT2D eigenvalue weighted by Crippen LogP contribution is -2.18. The van der Waals surface area contributed by atoms with Gasteiger partial charge in [0.2, 0.25) is 0 Å². The molecule has 1 aromatic rings. The minimum absolute atomic E-state index is 0.0474. The molecule has 1 aromatic carbocycles. The van der Waals surface area contributed by atoms with Gasteiger partial charge in [0, 0.05) is 24.7 Å². The van der Waals surface area contributed by atoms with Gasteiger partial charge in [0.05, 0.1) is 11.7 Å². The Hall–Kier alpha value is -2.22. The van der Waals surface area contributed by atoms with Crippen LogP contribution in [0.2, 0.25) is 0 Å². The molecular formula is C21H24F4O4. The second-order valence-electron chi connectivity index (χ2n) is 7.36. The van der Waals surface area contributed by atoms with E-state index in [1.165, 1.54) is 12.2 Å². The molecule has 0 spiro atoms. The largest absolute Gasteiger partial charge is 0.481 e. The van der Waals surface area contributed by atoms with Crippen LogP contribution in [-0.4, -0.2) is 28.1 Å². The molecule has 1 aliphatic rings. The number of rotatable bonds is 9. The summed E-state index contributed by atoms with van der Waals surface area (Å²) in [5.74, 6) is -3.08. The first kappa shape index (κ1) is 23.1. The Labute approximate surface area is 166 Å². The monoisotopic (exact) mass is 416 g/mol. The molecule has 2 rings (SSSR count). The Kier molecular flexibility index (Phi) is 7.96. The van der Waals surface area contributed by atoms with Crippen LogP contribution in [0.5, 0.6) is 0 Å². The second-order valence-corrected chi connectivity index (χ2v) is 7.36. The summed E-state index contributed by atoms with van der Waals surface area (Å²) in [5, 5.41) is 18.8. The molecule has 3 unspecified atom stereocenters. The number of aliphatic hydroxyl groups is 1. The van der Waals surface area contributed by atoms with Gasteiger partial charge in [0.25, 0.3) is 0 Å². The van der Waals surface area contributed by atoms with Crippen molar-refractivity contribution < 1.29 is 37.4 Å². The van der Waals surface area contributed by atoms with E-state index in [9.17, 15) is 32.3 Å². The summed E-state index contributed by atoms with van der Waals surface area (Å²) in [6, 6.07) is 2.37. The lowest BCUT2D eigenvalue weighted by molar-refractivity contribution is -0.138. The highest BCUT2D eigenvalue weighted by molar-refractivity contribution is 5.85. The number of halogens is 4. The molecule has 0 radical (unpaired) electrons. The fourth-order valence-corrected chi connectivity index (χ4v) is 3.72. The number of benzene rings is 1. The first-order valence-electron chi connectivity index (χ1n) is 9.57. The molecule has 1 aliphatic carbocycles. The third kappa shape index (κ3) is 6.66. The molecule has 160 valence electrons. The molecule has 8 heteroatoms. The van der Waals surface area contributed by atoms with Crippen LogP contribution < -0.4 is 0 Å². The highest BCUT2D eigenvalue weighted by Gasteiger charge is 2.39. The normalized spacial score (nSPS) is 22.5. The van der Waals surface area contributed by atoms with Crippen molar-refractivity contribution in [1.82, 2.24) is 0 Å². The van der Waals surface area contributed by atoms with Crippen molar-refractivity contribution in [3.8, 4) is 0 Å². The average Bonchev–Trinajstić information content (AvgIpc) is 2.88. The Morgan fingerprint density at radius 2 is 1.86 bits per heavy atom. The van der Waals surface area contributed by atoms with Crippen LogP contribution in [0.15, 0.2) is 24.3 Å². The predicted molar refractivity (Wildman–Crippen MR) is 98.4 cm³/mol. The summed E-state index contributed by atoms with van der Waals surface area (Å²) in [6.07, 6.45) is 0.0875. The molecule has 29 heavy (non-hydrogen) atoms. The number of hydrogen-bond acceptors (Lipinski definition) is 3. The maximum atomic E-state index is 13.2. The number of ketones is 1. The van der Waals surface area contributed by atoms with Crippen molar-refractivity contribution in [2.75, 3.05) is 0 Å². The number of alkyl halides is 3. The first-order valence-corrected chi connectivity index (χ1v) is 9.57. The second kappa shape index (κ2) is 10.0. The Morgan fingerprint density at radius 1 is 1.17 bits per heavy atom. The van der Waals surface area contributed by atoms with Gasteiger partial charge in [0.1, 0.15) is 11.6 Å². The number of unbranched alkanes of at least 4 members (excludes halogenated alkanes) is 3. The van der Waals surface area contributed by atoms with E-state index in [2.05, 4.69) is 0 Å². The van der Waals surface area contributed by atoms with Crippen LogP contribution in [0.25, 0.3) is 6.08 Å². The predicted octanol–water partition coefficient (Wildman–Crippen LogP) is 4.85. The van der Waals surface area contributed by atoms with Crippen molar-refractivity contribution in [3.63, 3.8) is 0 Å². The molecule has 1 fully saturated rings. The summed E-state index contributed by atoms with van der Waals surface area (Å²) in [5.41, 5.74) is -1.33. The number of aliphatic carboxylic acids is 1. The van der Waals surface area contributed by atoms with Crippen LogP contribution in [0.3, 0.4) is 0 Å². The Bertz CT molecular complexity index is 758. The zero-order valence-electron chi connectivity index (χ0n) is 15.8. The third-order valence-electron chi connectivity index (χ3n) is 5.21. The number of hydrogen-bond donors (Lipinski definition) is 2. The molecule has 4 nitrogen and oxygen atoms in total. The van der Waals surface area contributed by atoms with E-state index in [0.717, 1.165) is 18.6 Å². The molecule has 0 saturated heterocycles. The maximum absolute atomic E-state index is 13.2. The molecule has 0 aliphatic heterocycles. The van der Waals surface area contributed by atoms with Crippen LogP contribution >= 0.6 is 0 Å². The van der Waals surface area contributed by atoms with Crippen LogP contribution in [0.4, 0.5) is 17.6 Å². The highest BCUT2D eigenvalue weighted by atomic mass is 19.4. The van der Waals surface area contributed by atoms with E-state index in [1.54, 1.807) is 0 Å². The number of carboxylic acid groups (broad SMARTS) is 1. The van der Waals surface area contributed by atoms with E-state index in [-0.39, 0.29) is 24.2 Å². The fraction of sp³-hybridized carbons (Fsp3) is 0.524. The minimum Gasteiger partial charge on any atom is -0.481 e. The fourth-order valence-electron chi connectivity index (χ4n) is 3.72. The SMILES string of the molecule is O=C(O)CCCCCCC1C(=O)CC(O)C1C=Cc1ccc(F)cc1C(F)(F)F. The van der Waals surface area contributed by atoms with E-state index >= 15 is 0 Å². The number of carbonyl (C=O) groups excluding carboxylic acids is 1. The number of aliphatic hydroxyl groups excluding tert-OH is 1. The summed E-state index contributed by atoms with van der Waals surface area (Å²) in [6.45, 7) is 0. The summed E-state index contributed by atoms with van der Waals surface area (Å²) in [4.78, 5) is 22.7. The van der Waals surface area contributed by atoms with E-state index < -0.39 is 41.5 Å². The molecule has 2 N–H and O–H groups in total. The number of Topliss-reactive ketones (excluding diaryl/α,β-unsaturated/α-hetero) is 1. The smallest absolute Gasteiger partial charge is 0.417 e.